The standard InChI is InChI=1S/C13H18ClN/c1-9-3-4-11(7-13(9)14)12-5-6-15-8-10(12)2/h3-4,7,10,12,15H,5-6,8H2,1-2H3. The lowest BCUT2D eigenvalue weighted by molar-refractivity contribution is 0.349. The van der Waals surface area contributed by atoms with Gasteiger partial charge in [-0.1, -0.05) is 30.7 Å². The largest absolute Gasteiger partial charge is 0.316 e. The molecule has 0 spiro atoms. The number of aryl methyl sites for hydroxylation is 1. The Morgan fingerprint density at radius 3 is 2.87 bits per heavy atom. The number of piperidine rings is 1. The van der Waals surface area contributed by atoms with Gasteiger partial charge in [0.2, 0.25) is 0 Å². The van der Waals surface area contributed by atoms with Crippen LogP contribution >= 0.6 is 11.6 Å². The SMILES string of the molecule is Cc1ccc(C2CCNCC2C)cc1Cl. The van der Waals surface area contributed by atoms with E-state index in [2.05, 4.69) is 37.4 Å². The maximum Gasteiger partial charge on any atom is 0.0438 e. The van der Waals surface area contributed by atoms with Crippen LogP contribution in [0.2, 0.25) is 5.02 Å². The molecule has 0 radical (unpaired) electrons. The maximum absolute atomic E-state index is 6.17. The van der Waals surface area contributed by atoms with Crippen molar-refractivity contribution in [3.05, 3.63) is 34.3 Å². The fraction of sp³-hybridized carbons (Fsp3) is 0.538. The first-order valence-corrected chi connectivity index (χ1v) is 6.03. The zero-order valence-electron chi connectivity index (χ0n) is 9.39. The summed E-state index contributed by atoms with van der Waals surface area (Å²) in [6.07, 6.45) is 1.22. The van der Waals surface area contributed by atoms with Crippen LogP contribution in [0.3, 0.4) is 0 Å². The van der Waals surface area contributed by atoms with Crippen LogP contribution in [0.5, 0.6) is 0 Å². The highest BCUT2D eigenvalue weighted by molar-refractivity contribution is 6.31. The smallest absolute Gasteiger partial charge is 0.0438 e. The van der Waals surface area contributed by atoms with Crippen LogP contribution in [0.4, 0.5) is 0 Å². The molecule has 1 aromatic carbocycles. The van der Waals surface area contributed by atoms with Crippen molar-refractivity contribution in [1.82, 2.24) is 5.32 Å². The van der Waals surface area contributed by atoms with Crippen LogP contribution in [-0.2, 0) is 0 Å². The Balaban J connectivity index is 2.24. The van der Waals surface area contributed by atoms with Crippen LogP contribution in [0.1, 0.15) is 30.4 Å². The van der Waals surface area contributed by atoms with E-state index >= 15 is 0 Å². The maximum atomic E-state index is 6.17. The number of hydrogen-bond donors (Lipinski definition) is 1. The highest BCUT2D eigenvalue weighted by atomic mass is 35.5. The van der Waals surface area contributed by atoms with Crippen molar-refractivity contribution >= 4 is 11.6 Å². The van der Waals surface area contributed by atoms with Gasteiger partial charge in [-0.25, -0.2) is 0 Å². The molecule has 1 nitrogen and oxygen atoms in total. The number of benzene rings is 1. The van der Waals surface area contributed by atoms with Gasteiger partial charge in [0.15, 0.2) is 0 Å². The van der Waals surface area contributed by atoms with E-state index in [1.165, 1.54) is 17.5 Å². The molecular weight excluding hydrogens is 206 g/mol. The van der Waals surface area contributed by atoms with Crippen molar-refractivity contribution in [3.8, 4) is 0 Å². The molecule has 1 aromatic rings. The first-order valence-electron chi connectivity index (χ1n) is 5.65. The molecule has 1 saturated heterocycles. The van der Waals surface area contributed by atoms with E-state index in [4.69, 9.17) is 11.6 Å². The Kier molecular flexibility index (Phi) is 3.32. The van der Waals surface area contributed by atoms with Gasteiger partial charge in [-0.3, -0.25) is 0 Å². The predicted octanol–water partition coefficient (Wildman–Crippen LogP) is 3.36. The summed E-state index contributed by atoms with van der Waals surface area (Å²) in [5, 5.41) is 4.33. The summed E-state index contributed by atoms with van der Waals surface area (Å²) in [7, 11) is 0. The third kappa shape index (κ3) is 2.35. The average molecular weight is 224 g/mol. The van der Waals surface area contributed by atoms with Crippen molar-refractivity contribution < 1.29 is 0 Å². The zero-order valence-corrected chi connectivity index (χ0v) is 10.1. The minimum absolute atomic E-state index is 0.671. The zero-order chi connectivity index (χ0) is 10.8. The van der Waals surface area contributed by atoms with Crippen molar-refractivity contribution in [2.75, 3.05) is 13.1 Å². The molecule has 1 aliphatic heterocycles. The fourth-order valence-electron chi connectivity index (χ4n) is 2.35. The molecule has 2 atom stereocenters. The molecule has 0 bridgehead atoms. The van der Waals surface area contributed by atoms with Gasteiger partial charge in [0.05, 0.1) is 0 Å². The normalized spacial score (nSPS) is 26.6. The van der Waals surface area contributed by atoms with E-state index in [0.717, 1.165) is 18.1 Å². The van der Waals surface area contributed by atoms with Gasteiger partial charge in [0, 0.05) is 5.02 Å². The third-order valence-electron chi connectivity index (χ3n) is 3.41. The molecule has 0 saturated carbocycles. The highest BCUT2D eigenvalue weighted by Crippen LogP contribution is 2.32. The number of halogens is 1. The van der Waals surface area contributed by atoms with E-state index < -0.39 is 0 Å². The summed E-state index contributed by atoms with van der Waals surface area (Å²) in [5.74, 6) is 1.38. The van der Waals surface area contributed by atoms with Crippen molar-refractivity contribution in [2.24, 2.45) is 5.92 Å². The highest BCUT2D eigenvalue weighted by Gasteiger charge is 2.22. The van der Waals surface area contributed by atoms with Gasteiger partial charge < -0.3 is 5.32 Å². The first-order chi connectivity index (χ1) is 7.18. The number of nitrogens with one attached hydrogen (secondary N) is 1. The Labute approximate surface area is 96.8 Å². The monoisotopic (exact) mass is 223 g/mol. The van der Waals surface area contributed by atoms with Gasteiger partial charge in [-0.15, -0.1) is 0 Å². The Hall–Kier alpha value is -0.530. The van der Waals surface area contributed by atoms with Gasteiger partial charge in [-0.2, -0.15) is 0 Å². The number of hydrogen-bond acceptors (Lipinski definition) is 1. The minimum atomic E-state index is 0.671. The summed E-state index contributed by atoms with van der Waals surface area (Å²) in [5.41, 5.74) is 2.57. The van der Waals surface area contributed by atoms with Crippen LogP contribution in [-0.4, -0.2) is 13.1 Å². The Morgan fingerprint density at radius 1 is 1.40 bits per heavy atom. The molecule has 0 amide bonds. The molecule has 2 unspecified atom stereocenters. The lowest BCUT2D eigenvalue weighted by Crippen LogP contribution is -2.33. The first kappa shape index (κ1) is 11.0. The van der Waals surface area contributed by atoms with Crippen LogP contribution in [0.25, 0.3) is 0 Å². The molecule has 1 heterocycles. The van der Waals surface area contributed by atoms with Gasteiger partial charge in [0.25, 0.3) is 0 Å². The summed E-state index contributed by atoms with van der Waals surface area (Å²) < 4.78 is 0. The Morgan fingerprint density at radius 2 is 2.20 bits per heavy atom. The lowest BCUT2D eigenvalue weighted by Gasteiger charge is -2.30. The van der Waals surface area contributed by atoms with Crippen molar-refractivity contribution in [1.29, 1.82) is 0 Å². The molecule has 1 aliphatic rings. The van der Waals surface area contributed by atoms with Gasteiger partial charge in [-0.05, 0) is 55.5 Å². The molecule has 2 rings (SSSR count). The van der Waals surface area contributed by atoms with E-state index in [1.807, 2.05) is 0 Å². The summed E-state index contributed by atoms with van der Waals surface area (Å²) in [6.45, 7) is 6.61. The van der Waals surface area contributed by atoms with E-state index in [1.54, 1.807) is 0 Å². The summed E-state index contributed by atoms with van der Waals surface area (Å²) >= 11 is 6.17. The molecule has 1 fully saturated rings. The predicted molar refractivity (Wildman–Crippen MR) is 65.6 cm³/mol. The van der Waals surface area contributed by atoms with Crippen LogP contribution < -0.4 is 5.32 Å². The second kappa shape index (κ2) is 4.54. The van der Waals surface area contributed by atoms with Crippen LogP contribution in [0.15, 0.2) is 18.2 Å². The molecule has 2 heteroatoms. The lowest BCUT2D eigenvalue weighted by atomic mass is 9.82. The molecule has 15 heavy (non-hydrogen) atoms. The van der Waals surface area contributed by atoms with E-state index in [-0.39, 0.29) is 0 Å². The van der Waals surface area contributed by atoms with E-state index in [0.29, 0.717) is 11.8 Å². The van der Waals surface area contributed by atoms with Crippen molar-refractivity contribution in [3.63, 3.8) is 0 Å². The van der Waals surface area contributed by atoms with Gasteiger partial charge in [0.1, 0.15) is 0 Å². The Bertz CT molecular complexity index is 348. The molecule has 1 N–H and O–H groups in total. The second-order valence-electron chi connectivity index (χ2n) is 4.59. The van der Waals surface area contributed by atoms with Crippen LogP contribution in [0, 0.1) is 12.8 Å². The molecular formula is C13H18ClN. The molecule has 0 aromatic heterocycles. The summed E-state index contributed by atoms with van der Waals surface area (Å²) in [6, 6.07) is 6.50. The topological polar surface area (TPSA) is 12.0 Å². The molecule has 0 aliphatic carbocycles. The van der Waals surface area contributed by atoms with Gasteiger partial charge >= 0.3 is 0 Å². The third-order valence-corrected chi connectivity index (χ3v) is 3.82. The quantitative estimate of drug-likeness (QED) is 0.770. The summed E-state index contributed by atoms with van der Waals surface area (Å²) in [4.78, 5) is 0. The van der Waals surface area contributed by atoms with E-state index in [9.17, 15) is 0 Å². The average Bonchev–Trinajstić information content (AvgIpc) is 2.23. The molecule has 82 valence electrons. The fourth-order valence-corrected chi connectivity index (χ4v) is 2.54. The second-order valence-corrected chi connectivity index (χ2v) is 4.99. The minimum Gasteiger partial charge on any atom is -0.316 e. The number of rotatable bonds is 1. The van der Waals surface area contributed by atoms with Crippen molar-refractivity contribution in [2.45, 2.75) is 26.2 Å².